The molecule has 1 aliphatic carbocycles. The van der Waals surface area contributed by atoms with Gasteiger partial charge < -0.3 is 19.5 Å². The van der Waals surface area contributed by atoms with Gasteiger partial charge in [0.05, 0.1) is 18.8 Å². The molecule has 6 heteroatoms. The molecule has 0 aromatic carbocycles. The van der Waals surface area contributed by atoms with Gasteiger partial charge in [-0.1, -0.05) is 0 Å². The Balaban J connectivity index is 1.65. The molecule has 6 nitrogen and oxygen atoms in total. The van der Waals surface area contributed by atoms with Crippen molar-refractivity contribution in [2.45, 2.75) is 56.5 Å². The number of carbonyl (C=O) groups is 2. The summed E-state index contributed by atoms with van der Waals surface area (Å²) in [5, 5.41) is 8.90. The van der Waals surface area contributed by atoms with E-state index in [0.29, 0.717) is 26.0 Å². The first-order valence-corrected chi connectivity index (χ1v) is 6.97. The molecule has 3 aliphatic rings. The maximum atomic E-state index is 12.5. The van der Waals surface area contributed by atoms with E-state index in [1.165, 1.54) is 0 Å². The van der Waals surface area contributed by atoms with Gasteiger partial charge in [0.1, 0.15) is 6.10 Å². The average Bonchev–Trinajstić information content (AvgIpc) is 3.06. The third-order valence-corrected chi connectivity index (χ3v) is 4.34. The topological polar surface area (TPSA) is 76.1 Å². The number of carboxylic acids is 1. The number of amides is 1. The van der Waals surface area contributed by atoms with Gasteiger partial charge in [0.15, 0.2) is 6.10 Å². The number of rotatable bonds is 2. The van der Waals surface area contributed by atoms with Crippen LogP contribution in [0.4, 0.5) is 0 Å². The molecule has 1 N–H and O–H groups in total. The smallest absolute Gasteiger partial charge is 0.332 e. The summed E-state index contributed by atoms with van der Waals surface area (Å²) in [5.74, 6) is -1.03. The second-order valence-corrected chi connectivity index (χ2v) is 5.47. The molecule has 3 fully saturated rings. The van der Waals surface area contributed by atoms with Crippen molar-refractivity contribution in [2.75, 3.05) is 13.2 Å². The number of hydrogen-bond donors (Lipinski definition) is 1. The van der Waals surface area contributed by atoms with E-state index in [9.17, 15) is 9.59 Å². The fraction of sp³-hybridized carbons (Fsp3) is 0.846. The fourth-order valence-corrected chi connectivity index (χ4v) is 3.38. The van der Waals surface area contributed by atoms with Gasteiger partial charge in [-0.2, -0.15) is 0 Å². The van der Waals surface area contributed by atoms with Crippen LogP contribution in [0.2, 0.25) is 0 Å². The molecule has 4 atom stereocenters. The lowest BCUT2D eigenvalue weighted by atomic mass is 10.1. The van der Waals surface area contributed by atoms with Crippen LogP contribution in [-0.4, -0.2) is 59.4 Å². The first-order valence-electron chi connectivity index (χ1n) is 6.97. The second-order valence-electron chi connectivity index (χ2n) is 5.47. The lowest BCUT2D eigenvalue weighted by Gasteiger charge is -2.38. The Bertz CT molecular complexity index is 385. The highest BCUT2D eigenvalue weighted by Crippen LogP contribution is 2.31. The molecule has 0 aromatic rings. The van der Waals surface area contributed by atoms with E-state index in [1.54, 1.807) is 0 Å². The molecule has 1 saturated carbocycles. The zero-order valence-corrected chi connectivity index (χ0v) is 10.8. The van der Waals surface area contributed by atoms with Crippen molar-refractivity contribution in [1.82, 2.24) is 4.90 Å². The molecule has 0 aromatic heterocycles. The number of carboxylic acid groups (broad SMARTS) is 1. The van der Waals surface area contributed by atoms with Gasteiger partial charge in [-0.15, -0.1) is 0 Å². The largest absolute Gasteiger partial charge is 0.479 e. The summed E-state index contributed by atoms with van der Waals surface area (Å²) in [6.45, 7) is 1.17. The van der Waals surface area contributed by atoms with Crippen molar-refractivity contribution < 1.29 is 24.2 Å². The monoisotopic (exact) mass is 269 g/mol. The van der Waals surface area contributed by atoms with Gasteiger partial charge in [0.2, 0.25) is 0 Å². The number of morpholine rings is 1. The zero-order valence-electron chi connectivity index (χ0n) is 10.8. The molecule has 1 amide bonds. The molecule has 0 radical (unpaired) electrons. The van der Waals surface area contributed by atoms with Crippen LogP contribution in [0, 0.1) is 0 Å². The predicted octanol–water partition coefficient (Wildman–Crippen LogP) is 0.398. The summed E-state index contributed by atoms with van der Waals surface area (Å²) in [4.78, 5) is 25.2. The third kappa shape index (κ3) is 2.34. The first kappa shape index (κ1) is 12.9. The van der Waals surface area contributed by atoms with E-state index in [1.807, 2.05) is 4.90 Å². The van der Waals surface area contributed by atoms with Crippen LogP contribution in [0.25, 0.3) is 0 Å². The minimum atomic E-state index is -0.976. The summed E-state index contributed by atoms with van der Waals surface area (Å²) in [6.07, 6.45) is 2.75. The number of hydrogen-bond acceptors (Lipinski definition) is 4. The molecule has 2 aliphatic heterocycles. The van der Waals surface area contributed by atoms with Crippen LogP contribution in [0.5, 0.6) is 0 Å². The third-order valence-electron chi connectivity index (χ3n) is 4.34. The van der Waals surface area contributed by atoms with Crippen LogP contribution in [0.15, 0.2) is 0 Å². The van der Waals surface area contributed by atoms with Crippen LogP contribution < -0.4 is 0 Å². The Morgan fingerprint density at radius 1 is 1.11 bits per heavy atom. The lowest BCUT2D eigenvalue weighted by Crippen LogP contribution is -2.54. The van der Waals surface area contributed by atoms with E-state index >= 15 is 0 Å². The van der Waals surface area contributed by atoms with Gasteiger partial charge >= 0.3 is 5.97 Å². The van der Waals surface area contributed by atoms with E-state index < -0.39 is 18.2 Å². The molecule has 0 bridgehead atoms. The van der Waals surface area contributed by atoms with E-state index in [-0.39, 0.29) is 18.1 Å². The standard InChI is InChI=1S/C13H19NO5/c15-12(10-4-5-11(19-10)13(16)17)14-6-7-18-9-3-1-2-8(9)14/h8-11H,1-7H2,(H,16,17). The summed E-state index contributed by atoms with van der Waals surface area (Å²) < 4.78 is 11.0. The number of ether oxygens (including phenoxy) is 2. The molecule has 0 spiro atoms. The molecule has 4 unspecified atom stereocenters. The Morgan fingerprint density at radius 2 is 1.89 bits per heavy atom. The van der Waals surface area contributed by atoms with Crippen molar-refractivity contribution in [3.63, 3.8) is 0 Å². The molecular formula is C13H19NO5. The van der Waals surface area contributed by atoms with Gasteiger partial charge in [0, 0.05) is 6.54 Å². The number of carbonyl (C=O) groups excluding carboxylic acids is 1. The summed E-state index contributed by atoms with van der Waals surface area (Å²) in [7, 11) is 0. The Kier molecular flexibility index (Phi) is 3.45. The number of fused-ring (bicyclic) bond motifs is 1. The molecule has 3 rings (SSSR count). The Hall–Kier alpha value is -1.14. The quantitative estimate of drug-likeness (QED) is 0.785. The maximum absolute atomic E-state index is 12.5. The Labute approximate surface area is 111 Å². The molecule has 2 saturated heterocycles. The minimum Gasteiger partial charge on any atom is -0.479 e. The van der Waals surface area contributed by atoms with Gasteiger partial charge in [0.25, 0.3) is 5.91 Å². The summed E-state index contributed by atoms with van der Waals surface area (Å²) >= 11 is 0. The van der Waals surface area contributed by atoms with Crippen molar-refractivity contribution in [3.8, 4) is 0 Å². The van der Waals surface area contributed by atoms with Crippen LogP contribution in [0.1, 0.15) is 32.1 Å². The van der Waals surface area contributed by atoms with Crippen LogP contribution in [-0.2, 0) is 19.1 Å². The highest BCUT2D eigenvalue weighted by atomic mass is 16.5. The number of aliphatic carboxylic acids is 1. The van der Waals surface area contributed by atoms with Crippen molar-refractivity contribution >= 4 is 11.9 Å². The SMILES string of the molecule is O=C(O)C1CCC(C(=O)N2CCOC3CCCC32)O1. The van der Waals surface area contributed by atoms with Crippen molar-refractivity contribution in [3.05, 3.63) is 0 Å². The lowest BCUT2D eigenvalue weighted by molar-refractivity contribution is -0.161. The van der Waals surface area contributed by atoms with E-state index in [4.69, 9.17) is 14.6 Å². The van der Waals surface area contributed by atoms with Gasteiger partial charge in [-0.05, 0) is 32.1 Å². The second kappa shape index (κ2) is 5.09. The highest BCUT2D eigenvalue weighted by Gasteiger charge is 2.43. The normalized spacial score (nSPS) is 38.2. The first-order chi connectivity index (χ1) is 9.16. The van der Waals surface area contributed by atoms with Gasteiger partial charge in [-0.3, -0.25) is 4.79 Å². The van der Waals surface area contributed by atoms with Crippen LogP contribution >= 0.6 is 0 Å². The zero-order chi connectivity index (χ0) is 13.4. The summed E-state index contributed by atoms with van der Waals surface area (Å²) in [5.41, 5.74) is 0. The highest BCUT2D eigenvalue weighted by molar-refractivity contribution is 5.83. The van der Waals surface area contributed by atoms with E-state index in [2.05, 4.69) is 0 Å². The summed E-state index contributed by atoms with van der Waals surface area (Å²) in [6, 6.07) is 0.161. The molecular weight excluding hydrogens is 250 g/mol. The maximum Gasteiger partial charge on any atom is 0.332 e. The number of nitrogens with zero attached hydrogens (tertiary/aromatic N) is 1. The molecule has 19 heavy (non-hydrogen) atoms. The van der Waals surface area contributed by atoms with Crippen molar-refractivity contribution in [1.29, 1.82) is 0 Å². The van der Waals surface area contributed by atoms with E-state index in [0.717, 1.165) is 19.3 Å². The van der Waals surface area contributed by atoms with Crippen molar-refractivity contribution in [2.24, 2.45) is 0 Å². The van der Waals surface area contributed by atoms with Crippen LogP contribution in [0.3, 0.4) is 0 Å². The average molecular weight is 269 g/mol. The molecule has 2 heterocycles. The fourth-order valence-electron chi connectivity index (χ4n) is 3.38. The minimum absolute atomic E-state index is 0.0519. The predicted molar refractivity (Wildman–Crippen MR) is 64.6 cm³/mol. The molecule has 106 valence electrons. The van der Waals surface area contributed by atoms with Gasteiger partial charge in [-0.25, -0.2) is 4.79 Å². The Morgan fingerprint density at radius 3 is 2.63 bits per heavy atom.